The minimum atomic E-state index is -3.40. The fraction of sp³-hybridized carbons (Fsp3) is 0.429. The van der Waals surface area contributed by atoms with Gasteiger partial charge in [-0.2, -0.15) is 11.3 Å². The Morgan fingerprint density at radius 1 is 1.33 bits per heavy atom. The van der Waals surface area contributed by atoms with E-state index in [0.717, 1.165) is 4.88 Å². The highest BCUT2D eigenvalue weighted by molar-refractivity contribution is 7.89. The Kier molecular flexibility index (Phi) is 5.21. The smallest absolute Gasteiger partial charge is 0.211 e. The molecule has 1 atom stereocenters. The van der Waals surface area contributed by atoms with Gasteiger partial charge in [-0.3, -0.25) is 0 Å². The predicted octanol–water partition coefficient (Wildman–Crippen LogP) is 2.62. The van der Waals surface area contributed by atoms with Gasteiger partial charge in [0.15, 0.2) is 0 Å². The molecule has 2 aromatic heterocycles. The van der Waals surface area contributed by atoms with E-state index in [2.05, 4.69) is 4.72 Å². The second-order valence-corrected chi connectivity index (χ2v) is 8.93. The van der Waals surface area contributed by atoms with E-state index in [1.54, 1.807) is 0 Å². The quantitative estimate of drug-likeness (QED) is 0.811. The highest BCUT2D eigenvalue weighted by Gasteiger charge is 2.34. The molecule has 7 heteroatoms. The third-order valence-electron chi connectivity index (χ3n) is 3.03. The Hall–Kier alpha value is -0.730. The lowest BCUT2D eigenvalue weighted by atomic mass is 9.95. The Labute approximate surface area is 133 Å². The molecule has 2 aromatic rings. The van der Waals surface area contributed by atoms with Gasteiger partial charge in [-0.25, -0.2) is 13.1 Å². The van der Waals surface area contributed by atoms with Crippen molar-refractivity contribution in [1.29, 1.82) is 0 Å². The molecule has 0 aliphatic heterocycles. The first-order chi connectivity index (χ1) is 9.83. The molecule has 2 N–H and O–H groups in total. The summed E-state index contributed by atoms with van der Waals surface area (Å²) < 4.78 is 26.6. The number of hydrogen-bond donors (Lipinski definition) is 2. The van der Waals surface area contributed by atoms with Crippen LogP contribution in [-0.4, -0.2) is 25.8 Å². The standard InChI is InChI=1S/C14H19NO3S3/c1-11(2)9-21(17,18)15-10-14(16,12-5-7-19-8-12)13-4-3-6-20-13/h3-8,11,15-16H,9-10H2,1-2H3. The first-order valence-corrected chi connectivity index (χ1v) is 10.1. The normalized spacial score (nSPS) is 15.2. The van der Waals surface area contributed by atoms with Gasteiger partial charge in [0.05, 0.1) is 5.75 Å². The van der Waals surface area contributed by atoms with Gasteiger partial charge in [-0.15, -0.1) is 11.3 Å². The van der Waals surface area contributed by atoms with E-state index in [-0.39, 0.29) is 18.2 Å². The molecule has 116 valence electrons. The van der Waals surface area contributed by atoms with Gasteiger partial charge in [0, 0.05) is 17.0 Å². The van der Waals surface area contributed by atoms with E-state index in [4.69, 9.17) is 0 Å². The fourth-order valence-corrected chi connectivity index (χ4v) is 5.05. The van der Waals surface area contributed by atoms with Crippen molar-refractivity contribution in [1.82, 2.24) is 4.72 Å². The summed E-state index contributed by atoms with van der Waals surface area (Å²) in [5.74, 6) is 0.0930. The van der Waals surface area contributed by atoms with Crippen LogP contribution in [0.1, 0.15) is 24.3 Å². The molecule has 0 spiro atoms. The lowest BCUT2D eigenvalue weighted by Crippen LogP contribution is -2.42. The van der Waals surface area contributed by atoms with E-state index in [9.17, 15) is 13.5 Å². The molecule has 0 saturated heterocycles. The number of sulfonamides is 1. The van der Waals surface area contributed by atoms with Crippen molar-refractivity contribution >= 4 is 32.7 Å². The van der Waals surface area contributed by atoms with Crippen molar-refractivity contribution in [2.75, 3.05) is 12.3 Å². The van der Waals surface area contributed by atoms with Crippen molar-refractivity contribution < 1.29 is 13.5 Å². The van der Waals surface area contributed by atoms with E-state index in [1.165, 1.54) is 22.7 Å². The second-order valence-electron chi connectivity index (χ2n) is 5.35. The third-order valence-corrected chi connectivity index (χ3v) is 6.42. The predicted molar refractivity (Wildman–Crippen MR) is 88.3 cm³/mol. The molecule has 0 saturated carbocycles. The molecule has 2 rings (SSSR count). The maximum atomic E-state index is 12.0. The molecular formula is C14H19NO3S3. The van der Waals surface area contributed by atoms with E-state index >= 15 is 0 Å². The molecule has 1 unspecified atom stereocenters. The van der Waals surface area contributed by atoms with Crippen LogP contribution in [0, 0.1) is 5.92 Å². The zero-order valence-electron chi connectivity index (χ0n) is 11.9. The summed E-state index contributed by atoms with van der Waals surface area (Å²) in [6.45, 7) is 3.65. The van der Waals surface area contributed by atoms with Crippen LogP contribution >= 0.6 is 22.7 Å². The Morgan fingerprint density at radius 2 is 2.10 bits per heavy atom. The van der Waals surface area contributed by atoms with Gasteiger partial charge in [0.25, 0.3) is 0 Å². The van der Waals surface area contributed by atoms with Gasteiger partial charge < -0.3 is 5.11 Å². The number of rotatable bonds is 7. The maximum Gasteiger partial charge on any atom is 0.211 e. The van der Waals surface area contributed by atoms with Gasteiger partial charge in [-0.1, -0.05) is 19.9 Å². The second kappa shape index (κ2) is 6.58. The Bertz CT molecular complexity index is 611. The zero-order chi connectivity index (χ0) is 15.5. The van der Waals surface area contributed by atoms with Gasteiger partial charge in [0.1, 0.15) is 5.60 Å². The van der Waals surface area contributed by atoms with Crippen LogP contribution < -0.4 is 4.72 Å². The van der Waals surface area contributed by atoms with E-state index in [0.29, 0.717) is 5.56 Å². The van der Waals surface area contributed by atoms with Gasteiger partial charge >= 0.3 is 0 Å². The molecule has 4 nitrogen and oxygen atoms in total. The Morgan fingerprint density at radius 3 is 2.62 bits per heavy atom. The summed E-state index contributed by atoms with van der Waals surface area (Å²) in [7, 11) is -3.40. The van der Waals surface area contributed by atoms with Crippen LogP contribution in [0.3, 0.4) is 0 Å². The van der Waals surface area contributed by atoms with Gasteiger partial charge in [0.2, 0.25) is 10.0 Å². The molecule has 0 amide bonds. The number of nitrogens with one attached hydrogen (secondary N) is 1. The largest absolute Gasteiger partial charge is 0.378 e. The summed E-state index contributed by atoms with van der Waals surface area (Å²) >= 11 is 2.89. The van der Waals surface area contributed by atoms with Crippen LogP contribution in [0.15, 0.2) is 34.3 Å². The number of thiophene rings is 2. The highest BCUT2D eigenvalue weighted by atomic mass is 32.2. The molecule has 21 heavy (non-hydrogen) atoms. The Balaban J connectivity index is 2.23. The molecule has 0 aliphatic rings. The first-order valence-electron chi connectivity index (χ1n) is 6.60. The lowest BCUT2D eigenvalue weighted by molar-refractivity contribution is 0.0903. The van der Waals surface area contributed by atoms with Crippen LogP contribution in [0.5, 0.6) is 0 Å². The first kappa shape index (κ1) is 16.6. The SMILES string of the molecule is CC(C)CS(=O)(=O)NCC(O)(c1ccsc1)c1cccs1. The minimum Gasteiger partial charge on any atom is -0.378 e. The monoisotopic (exact) mass is 345 g/mol. The van der Waals surface area contributed by atoms with Crippen molar-refractivity contribution in [3.63, 3.8) is 0 Å². The average Bonchev–Trinajstić information content (AvgIpc) is 3.07. The van der Waals surface area contributed by atoms with Crippen LogP contribution in [-0.2, 0) is 15.6 Å². The maximum absolute atomic E-state index is 12.0. The molecule has 0 bridgehead atoms. The van der Waals surface area contributed by atoms with Crippen molar-refractivity contribution in [3.05, 3.63) is 44.8 Å². The van der Waals surface area contributed by atoms with Crippen molar-refractivity contribution in [2.45, 2.75) is 19.4 Å². The van der Waals surface area contributed by atoms with Crippen molar-refractivity contribution in [2.24, 2.45) is 5.92 Å². The van der Waals surface area contributed by atoms with Crippen molar-refractivity contribution in [3.8, 4) is 0 Å². The minimum absolute atomic E-state index is 0.0403. The molecule has 0 aliphatic carbocycles. The zero-order valence-corrected chi connectivity index (χ0v) is 14.4. The van der Waals surface area contributed by atoms with Gasteiger partial charge in [-0.05, 0) is 34.2 Å². The molecular weight excluding hydrogens is 326 g/mol. The van der Waals surface area contributed by atoms with Crippen LogP contribution in [0.25, 0.3) is 0 Å². The van der Waals surface area contributed by atoms with Crippen LogP contribution in [0.4, 0.5) is 0 Å². The number of hydrogen-bond acceptors (Lipinski definition) is 5. The highest BCUT2D eigenvalue weighted by Crippen LogP contribution is 2.33. The van der Waals surface area contributed by atoms with Crippen LogP contribution in [0.2, 0.25) is 0 Å². The summed E-state index contributed by atoms with van der Waals surface area (Å²) in [4.78, 5) is 0.730. The van der Waals surface area contributed by atoms with E-state index < -0.39 is 15.6 Å². The molecule has 0 radical (unpaired) electrons. The summed E-state index contributed by atoms with van der Waals surface area (Å²) in [5.41, 5.74) is -0.611. The molecule has 0 aromatic carbocycles. The topological polar surface area (TPSA) is 66.4 Å². The third kappa shape index (κ3) is 4.14. The van der Waals surface area contributed by atoms with E-state index in [1.807, 2.05) is 48.2 Å². The summed E-state index contributed by atoms with van der Waals surface area (Å²) in [6, 6.07) is 5.49. The summed E-state index contributed by atoms with van der Waals surface area (Å²) in [5, 5.41) is 16.6. The average molecular weight is 346 g/mol. The molecule has 0 fully saturated rings. The fourth-order valence-electron chi connectivity index (χ4n) is 2.06. The lowest BCUT2D eigenvalue weighted by Gasteiger charge is -2.27. The summed E-state index contributed by atoms with van der Waals surface area (Å²) in [6.07, 6.45) is 0. The number of aliphatic hydroxyl groups is 1. The molecule has 2 heterocycles.